The molecule has 0 aromatic heterocycles. The van der Waals surface area contributed by atoms with Crippen molar-refractivity contribution >= 4 is 5.97 Å². The lowest BCUT2D eigenvalue weighted by Crippen LogP contribution is -2.49. The van der Waals surface area contributed by atoms with Crippen molar-refractivity contribution in [3.8, 4) is 0 Å². The molecule has 1 aliphatic rings. The van der Waals surface area contributed by atoms with Gasteiger partial charge in [0.2, 0.25) is 0 Å². The van der Waals surface area contributed by atoms with E-state index in [4.69, 9.17) is 9.47 Å². The maximum atomic E-state index is 11.8. The minimum atomic E-state index is -0.197. The van der Waals surface area contributed by atoms with Gasteiger partial charge in [0, 0.05) is 6.04 Å². The van der Waals surface area contributed by atoms with E-state index >= 15 is 0 Å². The number of ether oxygens (including phenoxy) is 2. The van der Waals surface area contributed by atoms with Gasteiger partial charge in [-0.15, -0.1) is 0 Å². The van der Waals surface area contributed by atoms with Crippen LogP contribution in [0, 0.1) is 5.92 Å². The smallest absolute Gasteiger partial charge is 0.322 e. The van der Waals surface area contributed by atoms with Crippen LogP contribution in [0.25, 0.3) is 0 Å². The first-order valence-corrected chi connectivity index (χ1v) is 6.91. The number of carbonyl (C=O) groups excluding carboxylic acids is 1. The summed E-state index contributed by atoms with van der Waals surface area (Å²) in [7, 11) is 1.45. The first kappa shape index (κ1) is 15.4. The maximum absolute atomic E-state index is 11.8. The van der Waals surface area contributed by atoms with Crippen LogP contribution < -0.4 is 5.32 Å². The van der Waals surface area contributed by atoms with E-state index in [1.807, 2.05) is 0 Å². The molecule has 1 heterocycles. The van der Waals surface area contributed by atoms with Crippen molar-refractivity contribution in [1.82, 2.24) is 5.32 Å². The summed E-state index contributed by atoms with van der Waals surface area (Å²) in [5.41, 5.74) is 0. The van der Waals surface area contributed by atoms with Crippen LogP contribution in [0.4, 0.5) is 0 Å². The predicted molar refractivity (Wildman–Crippen MR) is 71.4 cm³/mol. The van der Waals surface area contributed by atoms with Crippen LogP contribution in [0.15, 0.2) is 0 Å². The van der Waals surface area contributed by atoms with Crippen molar-refractivity contribution in [3.05, 3.63) is 0 Å². The summed E-state index contributed by atoms with van der Waals surface area (Å²) in [5, 5.41) is 3.44. The van der Waals surface area contributed by atoms with Gasteiger partial charge in [-0.2, -0.15) is 0 Å². The fraction of sp³-hybridized carbons (Fsp3) is 0.929. The number of nitrogens with one attached hydrogen (secondary N) is 1. The summed E-state index contributed by atoms with van der Waals surface area (Å²) in [6.07, 6.45) is 3.23. The van der Waals surface area contributed by atoms with Crippen LogP contribution >= 0.6 is 0 Å². The molecule has 0 amide bonds. The summed E-state index contributed by atoms with van der Waals surface area (Å²) in [6, 6.07) is 0.143. The minimum absolute atomic E-state index is 0.157. The molecule has 0 aromatic carbocycles. The van der Waals surface area contributed by atoms with Gasteiger partial charge in [0.05, 0.1) is 19.3 Å². The molecular weight excluding hydrogens is 230 g/mol. The molecule has 1 aliphatic heterocycles. The van der Waals surface area contributed by atoms with Gasteiger partial charge in [0.15, 0.2) is 0 Å². The summed E-state index contributed by atoms with van der Waals surface area (Å²) < 4.78 is 10.6. The average molecular weight is 257 g/mol. The standard InChI is InChI=1S/C14H27NO3/c1-9(2)6-13(14(16)17-5)15-12-7-10(3)18-11(4)8-12/h9-13,15H,6-8H2,1-5H3. The zero-order valence-corrected chi connectivity index (χ0v) is 12.2. The second-order valence-corrected chi connectivity index (χ2v) is 5.80. The summed E-state index contributed by atoms with van der Waals surface area (Å²) in [5.74, 6) is 0.312. The van der Waals surface area contributed by atoms with Crippen molar-refractivity contribution in [3.63, 3.8) is 0 Å². The van der Waals surface area contributed by atoms with Crippen LogP contribution in [0.5, 0.6) is 0 Å². The highest BCUT2D eigenvalue weighted by Crippen LogP contribution is 2.20. The number of esters is 1. The normalized spacial score (nSPS) is 30.2. The van der Waals surface area contributed by atoms with Gasteiger partial charge in [0.1, 0.15) is 6.04 Å². The number of hydrogen-bond donors (Lipinski definition) is 1. The van der Waals surface area contributed by atoms with Crippen LogP contribution in [0.3, 0.4) is 0 Å². The zero-order valence-electron chi connectivity index (χ0n) is 12.2. The minimum Gasteiger partial charge on any atom is -0.468 e. The number of methoxy groups -OCH3 is 1. The predicted octanol–water partition coefficient (Wildman–Crippen LogP) is 2.12. The van der Waals surface area contributed by atoms with Crippen LogP contribution in [0.1, 0.15) is 47.0 Å². The molecule has 3 atom stereocenters. The topological polar surface area (TPSA) is 47.6 Å². The Morgan fingerprint density at radius 3 is 2.33 bits per heavy atom. The highest BCUT2D eigenvalue weighted by Gasteiger charge is 2.29. The van der Waals surface area contributed by atoms with Crippen LogP contribution in [-0.2, 0) is 14.3 Å². The highest BCUT2D eigenvalue weighted by molar-refractivity contribution is 5.75. The largest absolute Gasteiger partial charge is 0.468 e. The molecular formula is C14H27NO3. The molecule has 4 nitrogen and oxygen atoms in total. The molecule has 1 saturated heterocycles. The molecule has 1 N–H and O–H groups in total. The van der Waals surface area contributed by atoms with Gasteiger partial charge in [-0.1, -0.05) is 13.8 Å². The van der Waals surface area contributed by atoms with Gasteiger partial charge in [-0.05, 0) is 39.0 Å². The third-order valence-corrected chi connectivity index (χ3v) is 3.33. The van der Waals surface area contributed by atoms with Gasteiger partial charge < -0.3 is 14.8 Å². The Hall–Kier alpha value is -0.610. The van der Waals surface area contributed by atoms with E-state index in [-0.39, 0.29) is 24.2 Å². The summed E-state index contributed by atoms with van der Waals surface area (Å²) in [6.45, 7) is 8.40. The molecule has 0 radical (unpaired) electrons. The first-order valence-electron chi connectivity index (χ1n) is 6.91. The third-order valence-electron chi connectivity index (χ3n) is 3.33. The van der Waals surface area contributed by atoms with Gasteiger partial charge in [0.25, 0.3) is 0 Å². The zero-order chi connectivity index (χ0) is 13.7. The molecule has 0 spiro atoms. The summed E-state index contributed by atoms with van der Waals surface area (Å²) in [4.78, 5) is 11.8. The first-order chi connectivity index (χ1) is 8.42. The molecule has 0 saturated carbocycles. The fourth-order valence-electron chi connectivity index (χ4n) is 2.67. The van der Waals surface area contributed by atoms with Crippen molar-refractivity contribution in [2.75, 3.05) is 7.11 Å². The van der Waals surface area contributed by atoms with Gasteiger partial charge >= 0.3 is 5.97 Å². The Bertz CT molecular complexity index is 258. The van der Waals surface area contributed by atoms with E-state index in [1.54, 1.807) is 0 Å². The third kappa shape index (κ3) is 4.94. The highest BCUT2D eigenvalue weighted by atomic mass is 16.5. The maximum Gasteiger partial charge on any atom is 0.322 e. The van der Waals surface area contributed by atoms with E-state index in [1.165, 1.54) is 7.11 Å². The molecule has 0 aromatic rings. The average Bonchev–Trinajstić information content (AvgIpc) is 2.25. The van der Waals surface area contributed by atoms with Crippen LogP contribution in [-0.4, -0.2) is 37.4 Å². The lowest BCUT2D eigenvalue weighted by atomic mass is 9.96. The van der Waals surface area contributed by atoms with Gasteiger partial charge in [-0.3, -0.25) is 4.79 Å². The molecule has 1 rings (SSSR count). The lowest BCUT2D eigenvalue weighted by Gasteiger charge is -2.34. The second kappa shape index (κ2) is 7.10. The monoisotopic (exact) mass is 257 g/mol. The molecule has 0 bridgehead atoms. The molecule has 4 heteroatoms. The van der Waals surface area contributed by atoms with Crippen molar-refractivity contribution in [1.29, 1.82) is 0 Å². The van der Waals surface area contributed by atoms with E-state index in [2.05, 4.69) is 33.0 Å². The Morgan fingerprint density at radius 2 is 1.89 bits per heavy atom. The van der Waals surface area contributed by atoms with E-state index < -0.39 is 0 Å². The van der Waals surface area contributed by atoms with E-state index in [0.717, 1.165) is 19.3 Å². The number of hydrogen-bond acceptors (Lipinski definition) is 4. The SMILES string of the molecule is COC(=O)C(CC(C)C)NC1CC(C)OC(C)C1. The number of rotatable bonds is 5. The Labute approximate surface area is 110 Å². The Morgan fingerprint density at radius 1 is 1.33 bits per heavy atom. The second-order valence-electron chi connectivity index (χ2n) is 5.80. The van der Waals surface area contributed by atoms with E-state index in [9.17, 15) is 4.79 Å². The van der Waals surface area contributed by atoms with Gasteiger partial charge in [-0.25, -0.2) is 0 Å². The van der Waals surface area contributed by atoms with Crippen molar-refractivity contribution in [2.24, 2.45) is 5.92 Å². The van der Waals surface area contributed by atoms with Crippen molar-refractivity contribution in [2.45, 2.75) is 71.2 Å². The quantitative estimate of drug-likeness (QED) is 0.766. The summed E-state index contributed by atoms with van der Waals surface area (Å²) >= 11 is 0. The molecule has 106 valence electrons. The molecule has 3 unspecified atom stereocenters. The Balaban J connectivity index is 2.56. The molecule has 18 heavy (non-hydrogen) atoms. The fourth-order valence-corrected chi connectivity index (χ4v) is 2.67. The number of carbonyl (C=O) groups is 1. The molecule has 1 fully saturated rings. The van der Waals surface area contributed by atoms with Crippen molar-refractivity contribution < 1.29 is 14.3 Å². The lowest BCUT2D eigenvalue weighted by molar-refractivity contribution is -0.144. The van der Waals surface area contributed by atoms with E-state index in [0.29, 0.717) is 12.0 Å². The Kier molecular flexibility index (Phi) is 6.09. The molecule has 0 aliphatic carbocycles. The van der Waals surface area contributed by atoms with Crippen LogP contribution in [0.2, 0.25) is 0 Å².